The Kier molecular flexibility index (Phi) is 9.32. The average Bonchev–Trinajstić information content (AvgIpc) is 3.48. The van der Waals surface area contributed by atoms with E-state index in [-0.39, 0.29) is 18.4 Å². The molecule has 0 aromatic carbocycles. The summed E-state index contributed by atoms with van der Waals surface area (Å²) in [6.45, 7) is 12.6. The van der Waals surface area contributed by atoms with Gasteiger partial charge in [-0.25, -0.2) is 9.97 Å². The number of likely N-dealkylation sites (N-methyl/N-ethyl adjacent to an activating group) is 1. The summed E-state index contributed by atoms with van der Waals surface area (Å²) in [5, 5.41) is 8.46. The molecule has 10 nitrogen and oxygen atoms in total. The van der Waals surface area contributed by atoms with Crippen molar-refractivity contribution < 1.29 is 19.1 Å². The smallest absolute Gasteiger partial charge is 0.314 e. The van der Waals surface area contributed by atoms with Crippen LogP contribution in [-0.4, -0.2) is 57.1 Å². The summed E-state index contributed by atoms with van der Waals surface area (Å²) in [6.07, 6.45) is 9.10. The molecule has 0 fully saturated rings. The number of aromatic nitrogens is 4. The van der Waals surface area contributed by atoms with Gasteiger partial charge in [-0.1, -0.05) is 6.92 Å². The number of hydrogen-bond donors (Lipinski definition) is 3. The lowest BCUT2D eigenvalue weighted by atomic mass is 10.1. The van der Waals surface area contributed by atoms with Crippen LogP contribution in [0.15, 0.2) is 30.9 Å². The number of pyridine rings is 2. The lowest BCUT2D eigenvalue weighted by Gasteiger charge is -2.14. The molecule has 1 unspecified atom stereocenters. The summed E-state index contributed by atoms with van der Waals surface area (Å²) in [5.74, 6) is -0.0744. The maximum Gasteiger partial charge on any atom is 0.314 e. The van der Waals surface area contributed by atoms with Gasteiger partial charge < -0.3 is 29.7 Å². The molecule has 4 heterocycles. The highest BCUT2D eigenvalue weighted by Crippen LogP contribution is 2.30. The molecular formula is C29H38N6O4. The van der Waals surface area contributed by atoms with Crippen molar-refractivity contribution in [3.63, 3.8) is 0 Å². The van der Waals surface area contributed by atoms with Crippen molar-refractivity contribution in [2.75, 3.05) is 19.6 Å². The quantitative estimate of drug-likeness (QED) is 0.175. The zero-order chi connectivity index (χ0) is 27.9. The highest BCUT2D eigenvalue weighted by atomic mass is 16.5. The Bertz CT molecular complexity index is 1460. The maximum atomic E-state index is 12.9. The monoisotopic (exact) mass is 534 g/mol. The van der Waals surface area contributed by atoms with E-state index >= 15 is 0 Å². The van der Waals surface area contributed by atoms with Gasteiger partial charge >= 0.3 is 11.9 Å². The molecule has 0 aliphatic carbocycles. The molecule has 0 bridgehead atoms. The van der Waals surface area contributed by atoms with Crippen LogP contribution in [0.1, 0.15) is 50.8 Å². The lowest BCUT2D eigenvalue weighted by Crippen LogP contribution is -2.31. The largest absolute Gasteiger partial charge is 0.407 e. The fourth-order valence-electron chi connectivity index (χ4n) is 4.86. The summed E-state index contributed by atoms with van der Waals surface area (Å²) in [5.41, 5.74) is 4.99. The molecular weight excluding hydrogens is 496 g/mol. The molecule has 0 amide bonds. The summed E-state index contributed by atoms with van der Waals surface area (Å²) in [7, 11) is 0. The SMILES string of the molecule is CCNCCc1cn(CC)c2ccnc(OC(=O)CC(C)NCCc3c[nH]c4c(C)cnc(OC(C)=O)c34)c12. The van der Waals surface area contributed by atoms with Crippen LogP contribution in [0, 0.1) is 6.92 Å². The number of aromatic amines is 1. The van der Waals surface area contributed by atoms with Gasteiger partial charge in [-0.3, -0.25) is 9.59 Å². The Labute approximate surface area is 228 Å². The van der Waals surface area contributed by atoms with Gasteiger partial charge in [0.2, 0.25) is 11.8 Å². The first-order chi connectivity index (χ1) is 18.8. The van der Waals surface area contributed by atoms with Crippen LogP contribution in [0.3, 0.4) is 0 Å². The molecule has 4 aromatic heterocycles. The van der Waals surface area contributed by atoms with E-state index in [1.807, 2.05) is 26.1 Å². The molecule has 0 saturated carbocycles. The van der Waals surface area contributed by atoms with E-state index < -0.39 is 5.97 Å². The number of hydrogen-bond acceptors (Lipinski definition) is 8. The Hall–Kier alpha value is -3.76. The number of esters is 2. The van der Waals surface area contributed by atoms with Crippen LogP contribution in [0.4, 0.5) is 0 Å². The van der Waals surface area contributed by atoms with E-state index in [4.69, 9.17) is 9.47 Å². The minimum Gasteiger partial charge on any atom is -0.407 e. The summed E-state index contributed by atoms with van der Waals surface area (Å²) in [6, 6.07) is 1.86. The second-order valence-corrected chi connectivity index (χ2v) is 9.74. The van der Waals surface area contributed by atoms with Crippen molar-refractivity contribution in [1.29, 1.82) is 0 Å². The second-order valence-electron chi connectivity index (χ2n) is 9.74. The molecule has 39 heavy (non-hydrogen) atoms. The predicted octanol–water partition coefficient (Wildman–Crippen LogP) is 3.83. The van der Waals surface area contributed by atoms with E-state index in [0.717, 1.165) is 64.6 Å². The van der Waals surface area contributed by atoms with E-state index in [1.165, 1.54) is 6.92 Å². The van der Waals surface area contributed by atoms with E-state index in [2.05, 4.69) is 50.2 Å². The third-order valence-electron chi connectivity index (χ3n) is 6.75. The van der Waals surface area contributed by atoms with E-state index in [0.29, 0.717) is 24.7 Å². The highest BCUT2D eigenvalue weighted by Gasteiger charge is 2.19. The number of aryl methyl sites for hydroxylation is 2. The van der Waals surface area contributed by atoms with Crippen LogP contribution in [0.5, 0.6) is 11.8 Å². The van der Waals surface area contributed by atoms with Crippen LogP contribution in [-0.2, 0) is 29.0 Å². The molecule has 10 heteroatoms. The number of ether oxygens (including phenoxy) is 2. The Morgan fingerprint density at radius 3 is 2.59 bits per heavy atom. The topological polar surface area (TPSA) is 123 Å². The first kappa shape index (κ1) is 28.3. The minimum atomic E-state index is -0.411. The predicted molar refractivity (Wildman–Crippen MR) is 151 cm³/mol. The van der Waals surface area contributed by atoms with Gasteiger partial charge in [-0.15, -0.1) is 0 Å². The van der Waals surface area contributed by atoms with Crippen LogP contribution >= 0.6 is 0 Å². The molecule has 0 aliphatic heterocycles. The Balaban J connectivity index is 1.38. The maximum absolute atomic E-state index is 12.9. The third-order valence-corrected chi connectivity index (χ3v) is 6.75. The Morgan fingerprint density at radius 2 is 1.85 bits per heavy atom. The zero-order valence-corrected chi connectivity index (χ0v) is 23.4. The first-order valence-corrected chi connectivity index (χ1v) is 13.6. The molecule has 3 N–H and O–H groups in total. The van der Waals surface area contributed by atoms with Gasteiger partial charge in [0.05, 0.1) is 28.2 Å². The van der Waals surface area contributed by atoms with Crippen molar-refractivity contribution in [2.24, 2.45) is 0 Å². The van der Waals surface area contributed by atoms with E-state index in [9.17, 15) is 9.59 Å². The van der Waals surface area contributed by atoms with E-state index in [1.54, 1.807) is 12.4 Å². The van der Waals surface area contributed by atoms with Crippen LogP contribution in [0.2, 0.25) is 0 Å². The Morgan fingerprint density at radius 1 is 1.08 bits per heavy atom. The first-order valence-electron chi connectivity index (χ1n) is 13.6. The zero-order valence-electron chi connectivity index (χ0n) is 23.4. The summed E-state index contributed by atoms with van der Waals surface area (Å²) < 4.78 is 13.3. The number of nitrogens with zero attached hydrogens (tertiary/aromatic N) is 3. The van der Waals surface area contributed by atoms with Crippen molar-refractivity contribution in [3.05, 3.63) is 47.5 Å². The van der Waals surface area contributed by atoms with Crippen LogP contribution < -0.4 is 20.1 Å². The minimum absolute atomic E-state index is 0.108. The van der Waals surface area contributed by atoms with Crippen molar-refractivity contribution in [2.45, 2.75) is 66.5 Å². The highest BCUT2D eigenvalue weighted by molar-refractivity contribution is 5.92. The molecule has 1 atom stereocenters. The molecule has 4 aromatic rings. The van der Waals surface area contributed by atoms with Crippen LogP contribution in [0.25, 0.3) is 21.8 Å². The number of rotatable bonds is 13. The average molecular weight is 535 g/mol. The van der Waals surface area contributed by atoms with Crippen molar-refractivity contribution in [1.82, 2.24) is 30.2 Å². The molecule has 0 radical (unpaired) electrons. The van der Waals surface area contributed by atoms with Gasteiger partial charge in [0.1, 0.15) is 0 Å². The lowest BCUT2D eigenvalue weighted by molar-refractivity contribution is -0.135. The van der Waals surface area contributed by atoms with Crippen molar-refractivity contribution in [3.8, 4) is 11.8 Å². The molecule has 0 saturated heterocycles. The summed E-state index contributed by atoms with van der Waals surface area (Å²) in [4.78, 5) is 36.4. The molecule has 4 rings (SSSR count). The van der Waals surface area contributed by atoms with Gasteiger partial charge in [0.15, 0.2) is 0 Å². The fraction of sp³-hybridized carbons (Fsp3) is 0.448. The number of nitrogens with one attached hydrogen (secondary N) is 3. The number of carbonyl (C=O) groups is 2. The standard InChI is InChI=1S/C29H38N6O4/c1-6-30-11-8-22-17-35(7-2)23-10-13-32-28(25(22)23)39-24(37)14-19(4)31-12-9-21-16-33-27-18(3)15-34-29(26(21)27)38-20(5)36/h10,13,15-17,19,30-31,33H,6-9,11-12,14H2,1-5H3. The third kappa shape index (κ3) is 6.63. The van der Waals surface area contributed by atoms with Gasteiger partial charge in [-0.05, 0) is 76.0 Å². The van der Waals surface area contributed by atoms with Crippen molar-refractivity contribution >= 4 is 33.7 Å². The molecule has 208 valence electrons. The summed E-state index contributed by atoms with van der Waals surface area (Å²) >= 11 is 0. The number of fused-ring (bicyclic) bond motifs is 2. The number of carbonyl (C=O) groups excluding carboxylic acids is 2. The van der Waals surface area contributed by atoms with Gasteiger partial charge in [0.25, 0.3) is 0 Å². The number of H-pyrrole nitrogens is 1. The molecule has 0 spiro atoms. The van der Waals surface area contributed by atoms with Gasteiger partial charge in [-0.2, -0.15) is 0 Å². The second kappa shape index (κ2) is 12.9. The molecule has 0 aliphatic rings. The fourth-order valence-corrected chi connectivity index (χ4v) is 4.86. The van der Waals surface area contributed by atoms with Gasteiger partial charge in [0, 0.05) is 44.3 Å². The normalized spacial score (nSPS) is 12.2.